The molecule has 0 saturated heterocycles. The average molecular weight is 556 g/mol. The SMILES string of the molecule is BrCc1ccc(-c2ccccc2-c2cnc(C(c3ccccc3)(c3ccccc3)c3ccccc3)[nH]2)cc1. The lowest BCUT2D eigenvalue weighted by molar-refractivity contribution is 0.692. The summed E-state index contributed by atoms with van der Waals surface area (Å²) in [7, 11) is 0. The number of aromatic nitrogens is 2. The molecule has 184 valence electrons. The van der Waals surface area contributed by atoms with Crippen molar-refractivity contribution in [2.75, 3.05) is 0 Å². The van der Waals surface area contributed by atoms with Crippen LogP contribution in [0.15, 0.2) is 146 Å². The average Bonchev–Trinajstić information content (AvgIpc) is 3.50. The molecule has 0 bridgehead atoms. The lowest BCUT2D eigenvalue weighted by Gasteiger charge is -2.34. The summed E-state index contributed by atoms with van der Waals surface area (Å²) in [5, 5.41) is 0.847. The monoisotopic (exact) mass is 554 g/mol. The van der Waals surface area contributed by atoms with Crippen molar-refractivity contribution in [2.24, 2.45) is 0 Å². The number of aromatic amines is 1. The van der Waals surface area contributed by atoms with Crippen molar-refractivity contribution in [3.8, 4) is 22.4 Å². The molecule has 3 heteroatoms. The van der Waals surface area contributed by atoms with E-state index in [0.717, 1.165) is 39.1 Å². The largest absolute Gasteiger partial charge is 0.341 e. The van der Waals surface area contributed by atoms with Gasteiger partial charge in [-0.25, -0.2) is 4.98 Å². The smallest absolute Gasteiger partial charge is 0.126 e. The first kappa shape index (κ1) is 24.1. The fourth-order valence-corrected chi connectivity index (χ4v) is 5.74. The summed E-state index contributed by atoms with van der Waals surface area (Å²) in [5.74, 6) is 0.889. The number of benzene rings is 5. The van der Waals surface area contributed by atoms with Crippen LogP contribution in [-0.4, -0.2) is 9.97 Å². The van der Waals surface area contributed by atoms with Gasteiger partial charge in [-0.1, -0.05) is 155 Å². The number of imidazole rings is 1. The van der Waals surface area contributed by atoms with Crippen molar-refractivity contribution in [3.05, 3.63) is 174 Å². The van der Waals surface area contributed by atoms with Gasteiger partial charge in [-0.15, -0.1) is 0 Å². The summed E-state index contributed by atoms with van der Waals surface area (Å²) >= 11 is 3.56. The highest BCUT2D eigenvalue weighted by atomic mass is 79.9. The summed E-state index contributed by atoms with van der Waals surface area (Å²) in [6.45, 7) is 0. The Balaban J connectivity index is 1.57. The summed E-state index contributed by atoms with van der Waals surface area (Å²) in [6.07, 6.45) is 1.98. The standard InChI is InChI=1S/C35H27BrN2/c36-24-26-20-22-27(23-21-26)31-18-10-11-19-32(31)33-25-37-34(38-33)35(28-12-4-1-5-13-28,29-14-6-2-7-15-29)30-16-8-3-9-17-30/h1-23,25H,24H2,(H,37,38). The zero-order valence-electron chi connectivity index (χ0n) is 20.9. The van der Waals surface area contributed by atoms with Gasteiger partial charge in [0, 0.05) is 10.9 Å². The third-order valence-corrected chi connectivity index (χ3v) is 7.84. The van der Waals surface area contributed by atoms with Gasteiger partial charge in [0.15, 0.2) is 0 Å². The van der Waals surface area contributed by atoms with Crippen molar-refractivity contribution >= 4 is 15.9 Å². The molecule has 6 rings (SSSR count). The number of halogens is 1. The van der Waals surface area contributed by atoms with Crippen LogP contribution in [0.5, 0.6) is 0 Å². The molecule has 0 atom stereocenters. The van der Waals surface area contributed by atoms with Gasteiger partial charge in [0.25, 0.3) is 0 Å². The third-order valence-electron chi connectivity index (χ3n) is 7.19. The molecule has 0 spiro atoms. The van der Waals surface area contributed by atoms with Crippen LogP contribution in [0.2, 0.25) is 0 Å². The number of hydrogen-bond acceptors (Lipinski definition) is 1. The van der Waals surface area contributed by atoms with Crippen LogP contribution in [-0.2, 0) is 10.7 Å². The highest BCUT2D eigenvalue weighted by Gasteiger charge is 2.41. The third kappa shape index (κ3) is 4.29. The van der Waals surface area contributed by atoms with E-state index in [1.807, 2.05) is 6.20 Å². The first-order chi connectivity index (χ1) is 18.8. The van der Waals surface area contributed by atoms with E-state index in [-0.39, 0.29) is 0 Å². The fraction of sp³-hybridized carbons (Fsp3) is 0.0571. The van der Waals surface area contributed by atoms with Gasteiger partial charge in [-0.3, -0.25) is 0 Å². The Morgan fingerprint density at radius 2 is 1.03 bits per heavy atom. The zero-order valence-corrected chi connectivity index (χ0v) is 22.5. The van der Waals surface area contributed by atoms with Gasteiger partial charge in [0.1, 0.15) is 11.2 Å². The number of H-pyrrole nitrogens is 1. The highest BCUT2D eigenvalue weighted by Crippen LogP contribution is 2.44. The Bertz CT molecular complexity index is 1530. The number of rotatable bonds is 7. The first-order valence-electron chi connectivity index (χ1n) is 12.8. The van der Waals surface area contributed by atoms with Crippen molar-refractivity contribution in [1.29, 1.82) is 0 Å². The van der Waals surface area contributed by atoms with Crippen LogP contribution in [0.3, 0.4) is 0 Å². The maximum absolute atomic E-state index is 5.09. The molecule has 38 heavy (non-hydrogen) atoms. The maximum Gasteiger partial charge on any atom is 0.126 e. The van der Waals surface area contributed by atoms with E-state index in [1.54, 1.807) is 0 Å². The van der Waals surface area contributed by atoms with Gasteiger partial charge >= 0.3 is 0 Å². The van der Waals surface area contributed by atoms with Crippen LogP contribution in [0.25, 0.3) is 22.4 Å². The second-order valence-corrected chi connectivity index (χ2v) is 9.93. The van der Waals surface area contributed by atoms with Gasteiger partial charge in [-0.05, 0) is 33.4 Å². The highest BCUT2D eigenvalue weighted by molar-refractivity contribution is 9.08. The topological polar surface area (TPSA) is 28.7 Å². The molecule has 1 N–H and O–H groups in total. The Labute approximate surface area is 232 Å². The summed E-state index contributed by atoms with van der Waals surface area (Å²) < 4.78 is 0. The lowest BCUT2D eigenvalue weighted by Crippen LogP contribution is -2.32. The van der Waals surface area contributed by atoms with Gasteiger partial charge in [-0.2, -0.15) is 0 Å². The number of nitrogens with one attached hydrogen (secondary N) is 1. The van der Waals surface area contributed by atoms with E-state index in [2.05, 4.69) is 160 Å². The number of nitrogens with zero attached hydrogens (tertiary/aromatic N) is 1. The van der Waals surface area contributed by atoms with Crippen molar-refractivity contribution in [2.45, 2.75) is 10.7 Å². The normalized spacial score (nSPS) is 11.4. The lowest BCUT2D eigenvalue weighted by atomic mass is 9.69. The summed E-state index contributed by atoms with van der Waals surface area (Å²) in [5.41, 5.74) is 8.62. The number of hydrogen-bond donors (Lipinski definition) is 1. The molecule has 0 fully saturated rings. The molecule has 0 amide bonds. The Kier molecular flexibility index (Phi) is 6.76. The molecule has 0 unspecified atom stereocenters. The van der Waals surface area contributed by atoms with E-state index in [1.165, 1.54) is 16.7 Å². The molecule has 0 saturated carbocycles. The molecule has 0 aliphatic rings. The first-order valence-corrected chi connectivity index (χ1v) is 13.9. The van der Waals surface area contributed by atoms with Crippen LogP contribution < -0.4 is 0 Å². The van der Waals surface area contributed by atoms with Gasteiger partial charge < -0.3 is 4.98 Å². The van der Waals surface area contributed by atoms with Crippen LogP contribution in [0, 0.1) is 0 Å². The molecule has 0 radical (unpaired) electrons. The second-order valence-electron chi connectivity index (χ2n) is 9.37. The van der Waals surface area contributed by atoms with Crippen molar-refractivity contribution in [1.82, 2.24) is 9.97 Å². The molecule has 0 aliphatic carbocycles. The molecular formula is C35H27BrN2. The van der Waals surface area contributed by atoms with Crippen LogP contribution in [0.1, 0.15) is 28.1 Å². The van der Waals surface area contributed by atoms with E-state index in [9.17, 15) is 0 Å². The molecule has 1 aromatic heterocycles. The Morgan fingerprint density at radius 1 is 0.553 bits per heavy atom. The zero-order chi connectivity index (χ0) is 25.8. The van der Waals surface area contributed by atoms with E-state index < -0.39 is 5.41 Å². The minimum Gasteiger partial charge on any atom is -0.341 e. The maximum atomic E-state index is 5.09. The minimum absolute atomic E-state index is 0.603. The summed E-state index contributed by atoms with van der Waals surface area (Å²) in [4.78, 5) is 8.87. The van der Waals surface area contributed by atoms with Crippen LogP contribution in [0.4, 0.5) is 0 Å². The van der Waals surface area contributed by atoms with Crippen molar-refractivity contribution < 1.29 is 0 Å². The molecule has 1 heterocycles. The Morgan fingerprint density at radius 3 is 1.53 bits per heavy atom. The molecule has 5 aromatic carbocycles. The second kappa shape index (κ2) is 10.6. The predicted octanol–water partition coefficient (Wildman–Crippen LogP) is 9.02. The van der Waals surface area contributed by atoms with E-state index in [4.69, 9.17) is 4.98 Å². The quantitative estimate of drug-likeness (QED) is 0.155. The molecule has 2 nitrogen and oxygen atoms in total. The van der Waals surface area contributed by atoms with E-state index in [0.29, 0.717) is 0 Å². The number of alkyl halides is 1. The Hall–Kier alpha value is -4.21. The van der Waals surface area contributed by atoms with E-state index >= 15 is 0 Å². The fourth-order valence-electron chi connectivity index (χ4n) is 5.37. The van der Waals surface area contributed by atoms with Gasteiger partial charge in [0.2, 0.25) is 0 Å². The van der Waals surface area contributed by atoms with Gasteiger partial charge in [0.05, 0.1) is 11.9 Å². The molecule has 6 aromatic rings. The van der Waals surface area contributed by atoms with Crippen molar-refractivity contribution in [3.63, 3.8) is 0 Å². The predicted molar refractivity (Wildman–Crippen MR) is 160 cm³/mol. The molecular weight excluding hydrogens is 528 g/mol. The van der Waals surface area contributed by atoms with Crippen LogP contribution >= 0.6 is 15.9 Å². The minimum atomic E-state index is -0.603. The molecule has 0 aliphatic heterocycles. The summed E-state index contributed by atoms with van der Waals surface area (Å²) in [6, 6.07) is 49.2.